The number of hydrogen-bond acceptors (Lipinski definition) is 2. The summed E-state index contributed by atoms with van der Waals surface area (Å²) in [4.78, 5) is 0. The van der Waals surface area contributed by atoms with Crippen molar-refractivity contribution in [3.63, 3.8) is 0 Å². The zero-order chi connectivity index (χ0) is 13.7. The molecule has 3 heteroatoms. The summed E-state index contributed by atoms with van der Waals surface area (Å²) in [6, 6.07) is 0. The first-order valence-electron chi connectivity index (χ1n) is 7.64. The first kappa shape index (κ1) is 17.9. The maximum absolute atomic E-state index is 5.76. The lowest BCUT2D eigenvalue weighted by atomic mass is 10.1. The average molecular weight is 273 g/mol. The van der Waals surface area contributed by atoms with Gasteiger partial charge in [0, 0.05) is 13.2 Å². The van der Waals surface area contributed by atoms with Crippen LogP contribution in [0.25, 0.3) is 0 Å². The monoisotopic (exact) mass is 272 g/mol. The van der Waals surface area contributed by atoms with Crippen molar-refractivity contribution in [1.29, 1.82) is 0 Å². The van der Waals surface area contributed by atoms with Crippen molar-refractivity contribution in [2.45, 2.75) is 72.3 Å². The molecular formula is C15H32O2Si. The highest BCUT2D eigenvalue weighted by atomic mass is 28.4. The second kappa shape index (κ2) is 11.9. The van der Waals surface area contributed by atoms with Gasteiger partial charge in [-0.25, -0.2) is 0 Å². The van der Waals surface area contributed by atoms with Crippen LogP contribution in [0.2, 0.25) is 6.55 Å². The summed E-state index contributed by atoms with van der Waals surface area (Å²) in [5.41, 5.74) is 2.20. The van der Waals surface area contributed by atoms with Gasteiger partial charge in [-0.1, -0.05) is 45.1 Å². The number of rotatable bonds is 12. The molecule has 0 unspecified atom stereocenters. The Morgan fingerprint density at radius 1 is 0.833 bits per heavy atom. The first-order chi connectivity index (χ1) is 8.68. The molecule has 108 valence electrons. The van der Waals surface area contributed by atoms with Gasteiger partial charge in [-0.2, -0.15) is 0 Å². The zero-order valence-corrected chi connectivity index (χ0v) is 13.8. The number of hydrogen-bond donors (Lipinski definition) is 0. The lowest BCUT2D eigenvalue weighted by molar-refractivity contribution is 0.201. The smallest absolute Gasteiger partial charge is 0.361 e. The standard InChI is InChI=1S/C15H32O2Si/c1-5-8-9-10-11-12-13-14-15-18(4,16-6-2)17-7-3/h14-15H,5-13H2,1-4H3/b15-14+. The van der Waals surface area contributed by atoms with Crippen LogP contribution in [0, 0.1) is 0 Å². The van der Waals surface area contributed by atoms with Gasteiger partial charge in [0.1, 0.15) is 0 Å². The summed E-state index contributed by atoms with van der Waals surface area (Å²) >= 11 is 0. The molecular weight excluding hydrogens is 240 g/mol. The summed E-state index contributed by atoms with van der Waals surface area (Å²) in [6.07, 6.45) is 11.6. The summed E-state index contributed by atoms with van der Waals surface area (Å²) in [5, 5.41) is 0. The van der Waals surface area contributed by atoms with E-state index in [1.54, 1.807) is 0 Å². The van der Waals surface area contributed by atoms with Crippen molar-refractivity contribution < 1.29 is 8.85 Å². The van der Waals surface area contributed by atoms with E-state index < -0.39 is 8.56 Å². The van der Waals surface area contributed by atoms with Crippen LogP contribution in [-0.4, -0.2) is 21.8 Å². The first-order valence-corrected chi connectivity index (χ1v) is 10.0. The molecule has 0 aromatic rings. The van der Waals surface area contributed by atoms with Crippen LogP contribution in [0.15, 0.2) is 11.8 Å². The summed E-state index contributed by atoms with van der Waals surface area (Å²) in [7, 11) is -2.01. The van der Waals surface area contributed by atoms with Crippen LogP contribution in [0.4, 0.5) is 0 Å². The lowest BCUT2D eigenvalue weighted by Crippen LogP contribution is -2.36. The topological polar surface area (TPSA) is 18.5 Å². The molecule has 0 amide bonds. The van der Waals surface area contributed by atoms with E-state index in [1.165, 1.54) is 38.5 Å². The Morgan fingerprint density at radius 2 is 1.39 bits per heavy atom. The van der Waals surface area contributed by atoms with E-state index in [9.17, 15) is 0 Å². The molecule has 0 radical (unpaired) electrons. The minimum Gasteiger partial charge on any atom is -0.392 e. The normalized spacial score (nSPS) is 12.4. The Kier molecular flexibility index (Phi) is 11.9. The second-order valence-electron chi connectivity index (χ2n) is 4.84. The summed E-state index contributed by atoms with van der Waals surface area (Å²) < 4.78 is 11.5. The van der Waals surface area contributed by atoms with Gasteiger partial charge in [0.25, 0.3) is 0 Å². The molecule has 0 aromatic carbocycles. The van der Waals surface area contributed by atoms with Gasteiger partial charge in [0.2, 0.25) is 0 Å². The number of allylic oxidation sites excluding steroid dienone is 1. The van der Waals surface area contributed by atoms with Gasteiger partial charge in [-0.3, -0.25) is 0 Å². The fourth-order valence-electron chi connectivity index (χ4n) is 2.05. The Balaban J connectivity index is 3.70. The maximum Gasteiger partial charge on any atom is 0.361 e. The SMILES string of the molecule is CCCCCCCC/C=C/[Si](C)(OCC)OCC. The van der Waals surface area contributed by atoms with Crippen LogP contribution >= 0.6 is 0 Å². The second-order valence-corrected chi connectivity index (χ2v) is 7.78. The molecule has 0 N–H and O–H groups in total. The van der Waals surface area contributed by atoms with Crippen LogP contribution in [0.5, 0.6) is 0 Å². The summed E-state index contributed by atoms with van der Waals surface area (Å²) in [6.45, 7) is 9.93. The zero-order valence-electron chi connectivity index (χ0n) is 12.8. The Labute approximate surface area is 115 Å². The molecule has 0 aliphatic heterocycles. The Morgan fingerprint density at radius 3 is 1.94 bits per heavy atom. The quantitative estimate of drug-likeness (QED) is 0.368. The average Bonchev–Trinajstić information content (AvgIpc) is 2.33. The molecule has 0 aliphatic carbocycles. The number of unbranched alkanes of at least 4 members (excludes halogenated alkanes) is 6. The predicted molar refractivity (Wildman–Crippen MR) is 82.0 cm³/mol. The molecule has 0 spiro atoms. The van der Waals surface area contributed by atoms with Gasteiger partial charge < -0.3 is 8.85 Å². The van der Waals surface area contributed by atoms with Gasteiger partial charge in [-0.05, 0) is 38.9 Å². The van der Waals surface area contributed by atoms with E-state index >= 15 is 0 Å². The third-order valence-electron chi connectivity index (χ3n) is 3.01. The minimum atomic E-state index is -2.01. The fraction of sp³-hybridized carbons (Fsp3) is 0.867. The van der Waals surface area contributed by atoms with E-state index in [2.05, 4.69) is 25.2 Å². The molecule has 0 bridgehead atoms. The molecule has 0 aromatic heterocycles. The van der Waals surface area contributed by atoms with Crippen molar-refractivity contribution in [1.82, 2.24) is 0 Å². The fourth-order valence-corrected chi connectivity index (χ4v) is 4.07. The highest BCUT2D eigenvalue weighted by Crippen LogP contribution is 2.11. The largest absolute Gasteiger partial charge is 0.392 e. The van der Waals surface area contributed by atoms with Gasteiger partial charge >= 0.3 is 8.56 Å². The van der Waals surface area contributed by atoms with Crippen LogP contribution in [0.3, 0.4) is 0 Å². The third kappa shape index (κ3) is 9.86. The molecule has 0 saturated heterocycles. The molecule has 0 fully saturated rings. The van der Waals surface area contributed by atoms with Crippen molar-refractivity contribution >= 4 is 8.56 Å². The van der Waals surface area contributed by atoms with Gasteiger partial charge in [0.15, 0.2) is 0 Å². The summed E-state index contributed by atoms with van der Waals surface area (Å²) in [5.74, 6) is 0. The predicted octanol–water partition coefficient (Wildman–Crippen LogP) is 4.98. The van der Waals surface area contributed by atoms with E-state index in [1.807, 2.05) is 13.8 Å². The molecule has 0 aliphatic rings. The Hall–Kier alpha value is -0.123. The minimum absolute atomic E-state index is 0.740. The third-order valence-corrected chi connectivity index (χ3v) is 5.57. The molecule has 2 nitrogen and oxygen atoms in total. The highest BCUT2D eigenvalue weighted by molar-refractivity contribution is 6.71. The van der Waals surface area contributed by atoms with Gasteiger partial charge in [0.05, 0.1) is 0 Å². The molecule has 0 heterocycles. The van der Waals surface area contributed by atoms with Crippen LogP contribution < -0.4 is 0 Å². The Bertz CT molecular complexity index is 199. The van der Waals surface area contributed by atoms with Crippen molar-refractivity contribution in [2.75, 3.05) is 13.2 Å². The maximum atomic E-state index is 5.76. The van der Waals surface area contributed by atoms with Crippen molar-refractivity contribution in [2.24, 2.45) is 0 Å². The highest BCUT2D eigenvalue weighted by Gasteiger charge is 2.26. The van der Waals surface area contributed by atoms with E-state index in [0.717, 1.165) is 19.6 Å². The molecule has 0 saturated carbocycles. The molecule has 0 rings (SSSR count). The van der Waals surface area contributed by atoms with E-state index in [0.29, 0.717) is 0 Å². The van der Waals surface area contributed by atoms with E-state index in [-0.39, 0.29) is 0 Å². The molecule has 18 heavy (non-hydrogen) atoms. The van der Waals surface area contributed by atoms with Crippen LogP contribution in [-0.2, 0) is 8.85 Å². The molecule has 0 atom stereocenters. The van der Waals surface area contributed by atoms with Crippen molar-refractivity contribution in [3.05, 3.63) is 11.8 Å². The van der Waals surface area contributed by atoms with Crippen molar-refractivity contribution in [3.8, 4) is 0 Å². The van der Waals surface area contributed by atoms with Gasteiger partial charge in [-0.15, -0.1) is 0 Å². The van der Waals surface area contributed by atoms with E-state index in [4.69, 9.17) is 8.85 Å². The lowest BCUT2D eigenvalue weighted by Gasteiger charge is -2.22. The van der Waals surface area contributed by atoms with Crippen LogP contribution in [0.1, 0.15) is 65.7 Å².